The van der Waals surface area contributed by atoms with Gasteiger partial charge in [-0.15, -0.1) is 0 Å². The minimum Gasteiger partial charge on any atom is -0.497 e. The Morgan fingerprint density at radius 2 is 1.52 bits per heavy atom. The van der Waals surface area contributed by atoms with Gasteiger partial charge in [-0.05, 0) is 61.3 Å². The Morgan fingerprint density at radius 3 is 2.07 bits per heavy atom. The molecule has 0 unspecified atom stereocenters. The summed E-state index contributed by atoms with van der Waals surface area (Å²) < 4.78 is 10.4. The van der Waals surface area contributed by atoms with Crippen LogP contribution in [0.15, 0.2) is 48.5 Å². The number of hydrogen-bond acceptors (Lipinski definition) is 4. The van der Waals surface area contributed by atoms with E-state index in [2.05, 4.69) is 22.3 Å². The smallest absolute Gasteiger partial charge is 0.224 e. The van der Waals surface area contributed by atoms with Crippen molar-refractivity contribution in [1.82, 2.24) is 10.2 Å². The summed E-state index contributed by atoms with van der Waals surface area (Å²) in [5, 5.41) is 3.12. The van der Waals surface area contributed by atoms with Crippen molar-refractivity contribution in [3.8, 4) is 11.5 Å². The van der Waals surface area contributed by atoms with Gasteiger partial charge in [0.15, 0.2) is 0 Å². The third-order valence-electron chi connectivity index (χ3n) is 5.10. The third kappa shape index (κ3) is 5.23. The van der Waals surface area contributed by atoms with Gasteiger partial charge in [-0.25, -0.2) is 0 Å². The topological polar surface area (TPSA) is 50.8 Å². The highest BCUT2D eigenvalue weighted by atomic mass is 16.5. The highest BCUT2D eigenvalue weighted by Gasteiger charge is 2.24. The molecule has 1 fully saturated rings. The van der Waals surface area contributed by atoms with Crippen LogP contribution in [0, 0.1) is 0 Å². The monoisotopic (exact) mass is 368 g/mol. The van der Waals surface area contributed by atoms with Gasteiger partial charge in [0.25, 0.3) is 0 Å². The van der Waals surface area contributed by atoms with Crippen LogP contribution in [0.4, 0.5) is 0 Å². The summed E-state index contributed by atoms with van der Waals surface area (Å²) in [5.74, 6) is 1.69. The molecule has 0 bridgehead atoms. The van der Waals surface area contributed by atoms with Gasteiger partial charge < -0.3 is 14.8 Å². The Morgan fingerprint density at radius 1 is 0.963 bits per heavy atom. The standard InChI is InChI=1S/C22H28N2O3/c1-26-19-9-5-17(6-10-19)15-22(25)23-16-21(24-13-3-4-14-24)18-7-11-20(27-2)12-8-18/h5-12,21H,3-4,13-16H2,1-2H3,(H,23,25)/t21-/m1/s1. The molecule has 1 amide bonds. The molecule has 5 nitrogen and oxygen atoms in total. The third-order valence-corrected chi connectivity index (χ3v) is 5.10. The van der Waals surface area contributed by atoms with Crippen LogP contribution in [0.3, 0.4) is 0 Å². The SMILES string of the molecule is COc1ccc(CC(=O)NC[C@H](c2ccc(OC)cc2)N2CCCC2)cc1. The maximum atomic E-state index is 12.4. The zero-order valence-corrected chi connectivity index (χ0v) is 16.1. The summed E-state index contributed by atoms with van der Waals surface area (Å²) in [5.41, 5.74) is 2.19. The number of nitrogens with zero attached hydrogens (tertiary/aromatic N) is 1. The molecule has 2 aromatic carbocycles. The molecule has 1 atom stereocenters. The van der Waals surface area contributed by atoms with Crippen molar-refractivity contribution >= 4 is 5.91 Å². The first-order valence-electron chi connectivity index (χ1n) is 9.47. The van der Waals surface area contributed by atoms with Crippen molar-refractivity contribution in [3.63, 3.8) is 0 Å². The highest BCUT2D eigenvalue weighted by Crippen LogP contribution is 2.26. The number of benzene rings is 2. The van der Waals surface area contributed by atoms with E-state index in [1.54, 1.807) is 14.2 Å². The first kappa shape index (κ1) is 19.2. The van der Waals surface area contributed by atoms with Gasteiger partial charge in [0.05, 0.1) is 26.7 Å². The van der Waals surface area contributed by atoms with Gasteiger partial charge in [0.2, 0.25) is 5.91 Å². The second kappa shape index (κ2) is 9.42. The van der Waals surface area contributed by atoms with E-state index in [1.807, 2.05) is 36.4 Å². The van der Waals surface area contributed by atoms with Crippen LogP contribution in [-0.2, 0) is 11.2 Å². The molecule has 1 N–H and O–H groups in total. The lowest BCUT2D eigenvalue weighted by Crippen LogP contribution is -2.37. The Kier molecular flexibility index (Phi) is 6.71. The maximum absolute atomic E-state index is 12.4. The maximum Gasteiger partial charge on any atom is 0.224 e. The van der Waals surface area contributed by atoms with E-state index in [-0.39, 0.29) is 11.9 Å². The zero-order valence-electron chi connectivity index (χ0n) is 16.1. The van der Waals surface area contributed by atoms with Crippen molar-refractivity contribution < 1.29 is 14.3 Å². The predicted octanol–water partition coefficient (Wildman–Crippen LogP) is 3.20. The summed E-state index contributed by atoms with van der Waals surface area (Å²) in [4.78, 5) is 14.9. The fourth-order valence-electron chi connectivity index (χ4n) is 3.54. The molecule has 0 aromatic heterocycles. The second-order valence-electron chi connectivity index (χ2n) is 6.86. The average Bonchev–Trinajstić information content (AvgIpc) is 3.24. The molecule has 144 valence electrons. The van der Waals surface area contributed by atoms with Crippen molar-refractivity contribution in [1.29, 1.82) is 0 Å². The van der Waals surface area contributed by atoms with Crippen molar-refractivity contribution in [2.24, 2.45) is 0 Å². The van der Waals surface area contributed by atoms with Gasteiger partial charge in [-0.1, -0.05) is 24.3 Å². The molecule has 3 rings (SSSR count). The number of likely N-dealkylation sites (tertiary alicyclic amines) is 1. The summed E-state index contributed by atoms with van der Waals surface area (Å²) >= 11 is 0. The van der Waals surface area contributed by atoms with Gasteiger partial charge in [0.1, 0.15) is 11.5 Å². The second-order valence-corrected chi connectivity index (χ2v) is 6.86. The fourth-order valence-corrected chi connectivity index (χ4v) is 3.54. The lowest BCUT2D eigenvalue weighted by Gasteiger charge is -2.28. The van der Waals surface area contributed by atoms with E-state index in [1.165, 1.54) is 18.4 Å². The molecule has 1 aliphatic heterocycles. The zero-order chi connectivity index (χ0) is 19.1. The summed E-state index contributed by atoms with van der Waals surface area (Å²) in [6.45, 7) is 2.76. The van der Waals surface area contributed by atoms with Crippen LogP contribution in [0.2, 0.25) is 0 Å². The lowest BCUT2D eigenvalue weighted by molar-refractivity contribution is -0.120. The van der Waals surface area contributed by atoms with E-state index in [4.69, 9.17) is 9.47 Å². The number of ether oxygens (including phenoxy) is 2. The number of nitrogens with one attached hydrogen (secondary N) is 1. The minimum absolute atomic E-state index is 0.0397. The van der Waals surface area contributed by atoms with Gasteiger partial charge in [-0.3, -0.25) is 9.69 Å². The van der Waals surface area contributed by atoms with Crippen LogP contribution in [-0.4, -0.2) is 44.7 Å². The number of amides is 1. The number of hydrogen-bond donors (Lipinski definition) is 1. The largest absolute Gasteiger partial charge is 0.497 e. The fraction of sp³-hybridized carbons (Fsp3) is 0.409. The lowest BCUT2D eigenvalue weighted by atomic mass is 10.0. The summed E-state index contributed by atoms with van der Waals surface area (Å²) in [6.07, 6.45) is 2.80. The van der Waals surface area contributed by atoms with Crippen LogP contribution in [0.25, 0.3) is 0 Å². The van der Waals surface area contributed by atoms with Gasteiger partial charge in [0, 0.05) is 6.54 Å². The Hall–Kier alpha value is -2.53. The van der Waals surface area contributed by atoms with Crippen LogP contribution in [0.1, 0.15) is 30.0 Å². The Labute approximate surface area is 161 Å². The van der Waals surface area contributed by atoms with Gasteiger partial charge >= 0.3 is 0 Å². The molecule has 5 heteroatoms. The Bertz CT molecular complexity index is 722. The van der Waals surface area contributed by atoms with Crippen LogP contribution in [0.5, 0.6) is 11.5 Å². The molecular weight excluding hydrogens is 340 g/mol. The highest BCUT2D eigenvalue weighted by molar-refractivity contribution is 5.78. The number of carbonyl (C=O) groups excluding carboxylic acids is 1. The molecule has 0 saturated carbocycles. The van der Waals surface area contributed by atoms with Crippen LogP contribution < -0.4 is 14.8 Å². The van der Waals surface area contributed by atoms with E-state index >= 15 is 0 Å². The molecular formula is C22H28N2O3. The predicted molar refractivity (Wildman–Crippen MR) is 106 cm³/mol. The molecule has 0 radical (unpaired) electrons. The van der Waals surface area contributed by atoms with E-state index in [0.29, 0.717) is 13.0 Å². The summed E-state index contributed by atoms with van der Waals surface area (Å²) in [6, 6.07) is 16.0. The number of methoxy groups -OCH3 is 2. The Balaban J connectivity index is 1.61. The number of rotatable bonds is 8. The minimum atomic E-state index is 0.0397. The van der Waals surface area contributed by atoms with Crippen LogP contribution >= 0.6 is 0 Å². The molecule has 1 heterocycles. The molecule has 27 heavy (non-hydrogen) atoms. The first-order chi connectivity index (χ1) is 13.2. The molecule has 0 aliphatic carbocycles. The van der Waals surface area contributed by atoms with E-state index < -0.39 is 0 Å². The van der Waals surface area contributed by atoms with Gasteiger partial charge in [-0.2, -0.15) is 0 Å². The first-order valence-corrected chi connectivity index (χ1v) is 9.47. The van der Waals surface area contributed by atoms with E-state index in [0.717, 1.165) is 30.2 Å². The number of carbonyl (C=O) groups is 1. The average molecular weight is 368 g/mol. The van der Waals surface area contributed by atoms with Crippen molar-refractivity contribution in [3.05, 3.63) is 59.7 Å². The molecule has 2 aromatic rings. The quantitative estimate of drug-likeness (QED) is 0.777. The molecule has 1 aliphatic rings. The van der Waals surface area contributed by atoms with Crippen molar-refractivity contribution in [2.75, 3.05) is 33.9 Å². The molecule has 1 saturated heterocycles. The molecule has 0 spiro atoms. The summed E-state index contributed by atoms with van der Waals surface area (Å²) in [7, 11) is 3.31. The van der Waals surface area contributed by atoms with Crippen molar-refractivity contribution in [2.45, 2.75) is 25.3 Å². The normalized spacial score (nSPS) is 15.3. The van der Waals surface area contributed by atoms with E-state index in [9.17, 15) is 4.79 Å².